The standard InChI is InChI=1S/C19H20FN3OS2/c1-12-16-9-14(20)3-4-17(16)26-18(12)19(24)23-7-5-22(6-8-23)10-15-11-25-13(2)21-15/h3-4,9,11H,5-8,10H2,1-2H3. The molecule has 0 aliphatic carbocycles. The third-order valence-corrected chi connectivity index (χ3v) is 6.89. The number of halogens is 1. The molecule has 3 aromatic rings. The van der Waals surface area contributed by atoms with Crippen molar-refractivity contribution in [3.05, 3.63) is 50.5 Å². The van der Waals surface area contributed by atoms with Crippen LogP contribution in [0.25, 0.3) is 10.1 Å². The Morgan fingerprint density at radius 1 is 1.23 bits per heavy atom. The number of thiophene rings is 1. The van der Waals surface area contributed by atoms with Crippen LogP contribution in [0.15, 0.2) is 23.6 Å². The lowest BCUT2D eigenvalue weighted by Crippen LogP contribution is -2.48. The third kappa shape index (κ3) is 3.39. The van der Waals surface area contributed by atoms with Crippen molar-refractivity contribution in [1.29, 1.82) is 0 Å². The molecule has 3 heterocycles. The molecule has 136 valence electrons. The lowest BCUT2D eigenvalue weighted by atomic mass is 10.1. The number of fused-ring (bicyclic) bond motifs is 1. The Morgan fingerprint density at radius 2 is 2.00 bits per heavy atom. The highest BCUT2D eigenvalue weighted by atomic mass is 32.1. The van der Waals surface area contributed by atoms with E-state index in [1.54, 1.807) is 17.4 Å². The van der Waals surface area contributed by atoms with Crippen LogP contribution in [0.2, 0.25) is 0 Å². The number of amides is 1. The van der Waals surface area contributed by atoms with Gasteiger partial charge < -0.3 is 4.90 Å². The number of aryl methyl sites for hydroxylation is 2. The summed E-state index contributed by atoms with van der Waals surface area (Å²) in [6.07, 6.45) is 0. The van der Waals surface area contributed by atoms with Crippen molar-refractivity contribution >= 4 is 38.7 Å². The summed E-state index contributed by atoms with van der Waals surface area (Å²) in [5, 5.41) is 4.04. The number of carbonyl (C=O) groups excluding carboxylic acids is 1. The molecule has 0 N–H and O–H groups in total. The van der Waals surface area contributed by atoms with E-state index in [0.717, 1.165) is 50.9 Å². The largest absolute Gasteiger partial charge is 0.335 e. The van der Waals surface area contributed by atoms with Crippen molar-refractivity contribution in [2.45, 2.75) is 20.4 Å². The fraction of sp³-hybridized carbons (Fsp3) is 0.368. The highest BCUT2D eigenvalue weighted by Gasteiger charge is 2.25. The zero-order valence-corrected chi connectivity index (χ0v) is 16.4. The molecule has 1 fully saturated rings. The highest BCUT2D eigenvalue weighted by molar-refractivity contribution is 7.21. The van der Waals surface area contributed by atoms with Gasteiger partial charge in [0.25, 0.3) is 5.91 Å². The summed E-state index contributed by atoms with van der Waals surface area (Å²) in [5.41, 5.74) is 1.99. The molecule has 1 saturated heterocycles. The van der Waals surface area contributed by atoms with Gasteiger partial charge in [-0.05, 0) is 43.0 Å². The molecular formula is C19H20FN3OS2. The Kier molecular flexibility index (Phi) is 4.77. The van der Waals surface area contributed by atoms with Gasteiger partial charge in [-0.3, -0.25) is 9.69 Å². The molecule has 0 atom stereocenters. The van der Waals surface area contributed by atoms with Crippen LogP contribution < -0.4 is 0 Å². The first kappa shape index (κ1) is 17.6. The van der Waals surface area contributed by atoms with Crippen LogP contribution in [-0.4, -0.2) is 46.9 Å². The number of carbonyl (C=O) groups is 1. The van der Waals surface area contributed by atoms with Crippen molar-refractivity contribution in [1.82, 2.24) is 14.8 Å². The van der Waals surface area contributed by atoms with Crippen LogP contribution in [0.5, 0.6) is 0 Å². The monoisotopic (exact) mass is 389 g/mol. The maximum absolute atomic E-state index is 13.5. The topological polar surface area (TPSA) is 36.4 Å². The van der Waals surface area contributed by atoms with E-state index >= 15 is 0 Å². The van der Waals surface area contributed by atoms with E-state index < -0.39 is 0 Å². The average Bonchev–Trinajstić information content (AvgIpc) is 3.18. The van der Waals surface area contributed by atoms with Crippen molar-refractivity contribution in [3.8, 4) is 0 Å². The fourth-order valence-corrected chi connectivity index (χ4v) is 5.12. The van der Waals surface area contributed by atoms with Gasteiger partial charge in [0.05, 0.1) is 15.6 Å². The van der Waals surface area contributed by atoms with E-state index in [0.29, 0.717) is 13.1 Å². The molecule has 2 aromatic heterocycles. The number of nitrogens with zero attached hydrogens (tertiary/aromatic N) is 3. The van der Waals surface area contributed by atoms with Crippen LogP contribution in [-0.2, 0) is 6.54 Å². The molecule has 0 radical (unpaired) electrons. The minimum absolute atomic E-state index is 0.0632. The number of hydrogen-bond acceptors (Lipinski definition) is 5. The number of piperazine rings is 1. The molecule has 0 unspecified atom stereocenters. The van der Waals surface area contributed by atoms with E-state index in [4.69, 9.17) is 0 Å². The van der Waals surface area contributed by atoms with Crippen molar-refractivity contribution in [2.75, 3.05) is 26.2 Å². The summed E-state index contributed by atoms with van der Waals surface area (Å²) >= 11 is 3.13. The van der Waals surface area contributed by atoms with Crippen LogP contribution in [0.1, 0.15) is 25.9 Å². The predicted molar refractivity (Wildman–Crippen MR) is 105 cm³/mol. The van der Waals surface area contributed by atoms with Gasteiger partial charge in [-0.2, -0.15) is 0 Å². The summed E-state index contributed by atoms with van der Waals surface area (Å²) in [7, 11) is 0. The molecule has 7 heteroatoms. The van der Waals surface area contributed by atoms with E-state index in [1.807, 2.05) is 18.7 Å². The van der Waals surface area contributed by atoms with E-state index in [2.05, 4.69) is 15.3 Å². The molecule has 1 aliphatic heterocycles. The number of aromatic nitrogens is 1. The van der Waals surface area contributed by atoms with Crippen LogP contribution in [0.4, 0.5) is 4.39 Å². The molecule has 1 aliphatic rings. The average molecular weight is 390 g/mol. The molecule has 0 bridgehead atoms. The van der Waals surface area contributed by atoms with Crippen LogP contribution in [0, 0.1) is 19.7 Å². The Bertz CT molecular complexity index is 957. The van der Waals surface area contributed by atoms with Gasteiger partial charge in [0, 0.05) is 42.8 Å². The molecule has 4 rings (SSSR count). The van der Waals surface area contributed by atoms with Crippen molar-refractivity contribution < 1.29 is 9.18 Å². The van der Waals surface area contributed by atoms with Gasteiger partial charge in [0.15, 0.2) is 0 Å². The lowest BCUT2D eigenvalue weighted by Gasteiger charge is -2.34. The second-order valence-corrected chi connectivity index (χ2v) is 8.74. The molecule has 26 heavy (non-hydrogen) atoms. The Hall–Kier alpha value is -1.83. The minimum Gasteiger partial charge on any atom is -0.335 e. The summed E-state index contributed by atoms with van der Waals surface area (Å²) in [6, 6.07) is 4.73. The van der Waals surface area contributed by atoms with Crippen LogP contribution >= 0.6 is 22.7 Å². The molecule has 4 nitrogen and oxygen atoms in total. The smallest absolute Gasteiger partial charge is 0.264 e. The third-order valence-electron chi connectivity index (χ3n) is 4.80. The van der Waals surface area contributed by atoms with Gasteiger partial charge in [-0.1, -0.05) is 0 Å². The quantitative estimate of drug-likeness (QED) is 0.677. The molecular weight excluding hydrogens is 369 g/mol. The summed E-state index contributed by atoms with van der Waals surface area (Å²) < 4.78 is 14.5. The predicted octanol–water partition coefficient (Wildman–Crippen LogP) is 4.07. The van der Waals surface area contributed by atoms with Gasteiger partial charge in [-0.25, -0.2) is 9.37 Å². The molecule has 0 spiro atoms. The molecule has 1 amide bonds. The number of rotatable bonds is 3. The molecule has 1 aromatic carbocycles. The van der Waals surface area contributed by atoms with E-state index in [1.165, 1.54) is 23.5 Å². The summed E-state index contributed by atoms with van der Waals surface area (Å²) in [5.74, 6) is -0.198. The highest BCUT2D eigenvalue weighted by Crippen LogP contribution is 2.32. The maximum atomic E-state index is 13.5. The lowest BCUT2D eigenvalue weighted by molar-refractivity contribution is 0.0631. The normalized spacial score (nSPS) is 15.7. The minimum atomic E-state index is -0.261. The van der Waals surface area contributed by atoms with Crippen molar-refractivity contribution in [3.63, 3.8) is 0 Å². The second-order valence-electron chi connectivity index (χ2n) is 6.62. The summed E-state index contributed by atoms with van der Waals surface area (Å²) in [6.45, 7) is 7.89. The van der Waals surface area contributed by atoms with E-state index in [9.17, 15) is 9.18 Å². The van der Waals surface area contributed by atoms with Crippen LogP contribution in [0.3, 0.4) is 0 Å². The molecule has 0 saturated carbocycles. The first-order valence-electron chi connectivity index (χ1n) is 8.62. The Morgan fingerprint density at radius 3 is 2.69 bits per heavy atom. The Balaban J connectivity index is 1.44. The van der Waals surface area contributed by atoms with Gasteiger partial charge in [0.2, 0.25) is 0 Å². The zero-order chi connectivity index (χ0) is 18.3. The van der Waals surface area contributed by atoms with Gasteiger partial charge in [-0.15, -0.1) is 22.7 Å². The second kappa shape index (κ2) is 7.06. The SMILES string of the molecule is Cc1nc(CN2CCN(C(=O)c3sc4ccc(F)cc4c3C)CC2)cs1. The maximum Gasteiger partial charge on any atom is 0.264 e. The zero-order valence-electron chi connectivity index (χ0n) is 14.8. The number of thiazole rings is 1. The number of benzene rings is 1. The van der Waals surface area contributed by atoms with E-state index in [-0.39, 0.29) is 11.7 Å². The first-order chi connectivity index (χ1) is 12.5. The van der Waals surface area contributed by atoms with Gasteiger partial charge in [0.1, 0.15) is 5.82 Å². The Labute approximate surface area is 159 Å². The number of hydrogen-bond donors (Lipinski definition) is 0. The first-order valence-corrected chi connectivity index (χ1v) is 10.3. The fourth-order valence-electron chi connectivity index (χ4n) is 3.36. The van der Waals surface area contributed by atoms with Gasteiger partial charge >= 0.3 is 0 Å². The van der Waals surface area contributed by atoms with Crippen molar-refractivity contribution in [2.24, 2.45) is 0 Å². The summed E-state index contributed by atoms with van der Waals surface area (Å²) in [4.78, 5) is 22.5.